The molecule has 0 unspecified atom stereocenters. The smallest absolute Gasteiger partial charge is 0.328 e. The number of furan rings is 1. The summed E-state index contributed by atoms with van der Waals surface area (Å²) < 4.78 is 10.2. The van der Waals surface area contributed by atoms with Gasteiger partial charge in [-0.15, -0.1) is 0 Å². The lowest BCUT2D eigenvalue weighted by atomic mass is 10.1. The highest BCUT2D eigenvalue weighted by molar-refractivity contribution is 8.18. The number of carbonyl (C=O) groups excluding carboxylic acids is 3. The fourth-order valence-electron chi connectivity index (χ4n) is 2.61. The van der Waals surface area contributed by atoms with E-state index in [4.69, 9.17) is 16.0 Å². The summed E-state index contributed by atoms with van der Waals surface area (Å²) in [4.78, 5) is 47.4. The van der Waals surface area contributed by atoms with Gasteiger partial charge in [0.2, 0.25) is 0 Å². The molecule has 0 radical (unpaired) electrons. The Morgan fingerprint density at radius 3 is 2.69 bits per heavy atom. The number of non-ortho nitro benzene ring substituents is 1. The van der Waals surface area contributed by atoms with Gasteiger partial charge in [0.05, 0.1) is 22.0 Å². The van der Waals surface area contributed by atoms with E-state index in [9.17, 15) is 24.5 Å². The number of nitrogens with zero attached hydrogens (tertiary/aromatic N) is 2. The van der Waals surface area contributed by atoms with Gasteiger partial charge >= 0.3 is 5.97 Å². The molecule has 1 saturated heterocycles. The third-order valence-corrected chi connectivity index (χ3v) is 5.28. The van der Waals surface area contributed by atoms with Crippen molar-refractivity contribution in [1.82, 2.24) is 4.90 Å². The number of halogens is 1. The molecule has 0 N–H and O–H groups in total. The summed E-state index contributed by atoms with van der Waals surface area (Å²) in [5.41, 5.74) is 0.281. The summed E-state index contributed by atoms with van der Waals surface area (Å²) in [6.45, 7) is 1.40. The zero-order valence-electron chi connectivity index (χ0n) is 15.1. The van der Waals surface area contributed by atoms with Gasteiger partial charge in [0.1, 0.15) is 17.6 Å². The molecule has 2 heterocycles. The van der Waals surface area contributed by atoms with E-state index in [0.29, 0.717) is 23.1 Å². The van der Waals surface area contributed by atoms with Gasteiger partial charge in [0, 0.05) is 23.8 Å². The maximum Gasteiger partial charge on any atom is 0.328 e. The standard InChI is InChI=1S/C18H13ClN2O7S/c1-9(17(23)27-2)20-16(22)15(29-18(20)24)8-11-4-6-14(28-11)12-5-3-10(21(25)26)7-13(12)19/h3-9H,1-2H3/b15-8+/t9-/m0/s1. The van der Waals surface area contributed by atoms with Crippen LogP contribution in [0.4, 0.5) is 10.5 Å². The third-order valence-electron chi connectivity index (χ3n) is 4.08. The number of rotatable bonds is 5. The average molecular weight is 437 g/mol. The first-order valence-corrected chi connectivity index (χ1v) is 9.31. The number of hydrogen-bond acceptors (Lipinski definition) is 8. The van der Waals surface area contributed by atoms with Gasteiger partial charge in [-0.25, -0.2) is 4.79 Å². The van der Waals surface area contributed by atoms with Crippen LogP contribution in [-0.4, -0.2) is 40.1 Å². The van der Waals surface area contributed by atoms with Crippen molar-refractivity contribution in [3.8, 4) is 11.3 Å². The monoisotopic (exact) mass is 436 g/mol. The number of hydrogen-bond donors (Lipinski definition) is 0. The van der Waals surface area contributed by atoms with Crippen molar-refractivity contribution in [2.45, 2.75) is 13.0 Å². The van der Waals surface area contributed by atoms with Crippen LogP contribution in [0.25, 0.3) is 17.4 Å². The lowest BCUT2D eigenvalue weighted by Crippen LogP contribution is -2.42. The van der Waals surface area contributed by atoms with Crippen molar-refractivity contribution in [2.24, 2.45) is 0 Å². The highest BCUT2D eigenvalue weighted by Gasteiger charge is 2.41. The molecule has 1 aliphatic heterocycles. The quantitative estimate of drug-likeness (QED) is 0.297. The molecule has 2 aromatic rings. The number of benzene rings is 1. The Bertz CT molecular complexity index is 1060. The SMILES string of the molecule is COC(=O)[C@H](C)N1C(=O)S/C(=C/c2ccc(-c3ccc([N+](=O)[O-])cc3Cl)o2)C1=O. The molecule has 0 saturated carbocycles. The normalized spacial score (nSPS) is 16.4. The fourth-order valence-corrected chi connectivity index (χ4v) is 3.77. The van der Waals surface area contributed by atoms with Crippen molar-refractivity contribution >= 4 is 52.2 Å². The first kappa shape index (κ1) is 20.6. The molecular formula is C18H13ClN2O7S. The Labute approximate surface area is 173 Å². The van der Waals surface area contributed by atoms with Crippen LogP contribution in [0.3, 0.4) is 0 Å². The highest BCUT2D eigenvalue weighted by atomic mass is 35.5. The Morgan fingerprint density at radius 1 is 1.34 bits per heavy atom. The molecule has 0 bridgehead atoms. The van der Waals surface area contributed by atoms with Gasteiger partial charge in [-0.2, -0.15) is 0 Å². The Hall–Kier alpha value is -3.11. The fraction of sp³-hybridized carbons (Fsp3) is 0.167. The number of nitro groups is 1. The minimum atomic E-state index is -1.05. The number of imide groups is 1. The number of methoxy groups -OCH3 is 1. The molecule has 11 heteroatoms. The van der Waals surface area contributed by atoms with Crippen LogP contribution in [-0.2, 0) is 14.3 Å². The number of nitro benzene ring substituents is 1. The van der Waals surface area contributed by atoms with Crippen molar-refractivity contribution in [1.29, 1.82) is 0 Å². The molecule has 3 rings (SSSR count). The second-order valence-electron chi connectivity index (χ2n) is 5.87. The maximum absolute atomic E-state index is 12.5. The molecule has 150 valence electrons. The van der Waals surface area contributed by atoms with Crippen molar-refractivity contribution in [2.75, 3.05) is 7.11 Å². The van der Waals surface area contributed by atoms with Gasteiger partial charge in [-0.1, -0.05) is 11.6 Å². The Morgan fingerprint density at radius 2 is 2.07 bits per heavy atom. The number of carbonyl (C=O) groups is 3. The molecule has 0 spiro atoms. The summed E-state index contributed by atoms with van der Waals surface area (Å²) in [6, 6.07) is 6.05. The highest BCUT2D eigenvalue weighted by Crippen LogP contribution is 2.36. The van der Waals surface area contributed by atoms with E-state index >= 15 is 0 Å². The van der Waals surface area contributed by atoms with E-state index in [-0.39, 0.29) is 21.4 Å². The molecular weight excluding hydrogens is 424 g/mol. The molecule has 29 heavy (non-hydrogen) atoms. The molecule has 2 amide bonds. The zero-order valence-corrected chi connectivity index (χ0v) is 16.7. The predicted octanol–water partition coefficient (Wildman–Crippen LogP) is 4.11. The van der Waals surface area contributed by atoms with Crippen LogP contribution in [0, 0.1) is 10.1 Å². The second-order valence-corrected chi connectivity index (χ2v) is 7.27. The summed E-state index contributed by atoms with van der Waals surface area (Å²) in [7, 11) is 1.17. The molecule has 1 fully saturated rings. The lowest BCUT2D eigenvalue weighted by molar-refractivity contribution is -0.384. The minimum Gasteiger partial charge on any atom is -0.467 e. The number of amides is 2. The summed E-state index contributed by atoms with van der Waals surface area (Å²) in [6.07, 6.45) is 1.37. The topological polar surface area (TPSA) is 120 Å². The average Bonchev–Trinajstić information content (AvgIpc) is 3.25. The van der Waals surface area contributed by atoms with E-state index in [1.807, 2.05) is 0 Å². The minimum absolute atomic E-state index is 0.0847. The second kappa shape index (κ2) is 8.10. The third kappa shape index (κ3) is 4.03. The van der Waals surface area contributed by atoms with Gasteiger partial charge in [0.15, 0.2) is 0 Å². The van der Waals surface area contributed by atoms with Crippen LogP contribution >= 0.6 is 23.4 Å². The summed E-state index contributed by atoms with van der Waals surface area (Å²) in [5, 5.41) is 10.4. The van der Waals surface area contributed by atoms with Crippen LogP contribution < -0.4 is 0 Å². The van der Waals surface area contributed by atoms with Gasteiger partial charge < -0.3 is 9.15 Å². The van der Waals surface area contributed by atoms with Gasteiger partial charge in [-0.05, 0) is 36.9 Å². The van der Waals surface area contributed by atoms with Crippen LogP contribution in [0.1, 0.15) is 12.7 Å². The number of ether oxygens (including phenoxy) is 1. The van der Waals surface area contributed by atoms with Crippen molar-refractivity contribution < 1.29 is 28.5 Å². The lowest BCUT2D eigenvalue weighted by Gasteiger charge is -2.18. The Balaban J connectivity index is 1.85. The van der Waals surface area contributed by atoms with Crippen LogP contribution in [0.15, 0.2) is 39.7 Å². The molecule has 9 nitrogen and oxygen atoms in total. The van der Waals surface area contributed by atoms with Crippen LogP contribution in [0.5, 0.6) is 0 Å². The summed E-state index contributed by atoms with van der Waals surface area (Å²) in [5.74, 6) is -0.741. The number of esters is 1. The molecule has 1 atom stereocenters. The zero-order chi connectivity index (χ0) is 21.3. The van der Waals surface area contributed by atoms with E-state index in [0.717, 1.165) is 4.90 Å². The molecule has 1 aromatic carbocycles. The largest absolute Gasteiger partial charge is 0.467 e. The van der Waals surface area contributed by atoms with E-state index < -0.39 is 28.1 Å². The maximum atomic E-state index is 12.5. The van der Waals surface area contributed by atoms with Crippen LogP contribution in [0.2, 0.25) is 5.02 Å². The first-order valence-electron chi connectivity index (χ1n) is 8.12. The predicted molar refractivity (Wildman–Crippen MR) is 105 cm³/mol. The van der Waals surface area contributed by atoms with Gasteiger partial charge in [-0.3, -0.25) is 24.6 Å². The summed E-state index contributed by atoms with van der Waals surface area (Å²) >= 11 is 6.77. The first-order chi connectivity index (χ1) is 13.7. The molecule has 0 aliphatic carbocycles. The molecule has 1 aliphatic rings. The van der Waals surface area contributed by atoms with Gasteiger partial charge in [0.25, 0.3) is 16.8 Å². The Kier molecular flexibility index (Phi) is 5.76. The van der Waals surface area contributed by atoms with Crippen molar-refractivity contribution in [3.05, 3.63) is 56.1 Å². The molecule has 1 aromatic heterocycles. The van der Waals surface area contributed by atoms with E-state index in [1.165, 1.54) is 38.3 Å². The van der Waals surface area contributed by atoms with E-state index in [2.05, 4.69) is 4.74 Å². The van der Waals surface area contributed by atoms with E-state index in [1.54, 1.807) is 12.1 Å². The van der Waals surface area contributed by atoms with Crippen molar-refractivity contribution in [3.63, 3.8) is 0 Å². The number of thioether (sulfide) groups is 1.